The number of nitrogens with one attached hydrogen (secondary N) is 1. The Balaban J connectivity index is 2.09. The van der Waals surface area contributed by atoms with Crippen molar-refractivity contribution in [3.63, 3.8) is 0 Å². The first-order valence-corrected chi connectivity index (χ1v) is 6.57. The van der Waals surface area contributed by atoms with Gasteiger partial charge in [0.15, 0.2) is 0 Å². The van der Waals surface area contributed by atoms with Crippen LogP contribution in [-0.4, -0.2) is 0 Å². The van der Waals surface area contributed by atoms with Crippen molar-refractivity contribution in [1.29, 1.82) is 0 Å². The maximum atomic E-state index is 5.95. The molecule has 0 aliphatic heterocycles. The molecule has 3 heteroatoms. The van der Waals surface area contributed by atoms with E-state index in [4.69, 9.17) is 11.6 Å². The predicted molar refractivity (Wildman–Crippen MR) is 77.7 cm³/mol. The Morgan fingerprint density at radius 3 is 2.76 bits per heavy atom. The Bertz CT molecular complexity index is 525. The number of anilines is 1. The van der Waals surface area contributed by atoms with Gasteiger partial charge < -0.3 is 5.32 Å². The molecular weight excluding hydrogens is 298 g/mol. The monoisotopic (exact) mass is 309 g/mol. The number of hydrogen-bond acceptors (Lipinski definition) is 1. The van der Waals surface area contributed by atoms with Crippen LogP contribution >= 0.6 is 27.5 Å². The van der Waals surface area contributed by atoms with Crippen molar-refractivity contribution in [1.82, 2.24) is 0 Å². The third-order valence-electron chi connectivity index (χ3n) is 2.57. The minimum Gasteiger partial charge on any atom is -0.381 e. The number of aryl methyl sites for hydroxylation is 1. The number of benzene rings is 2. The Kier molecular flexibility index (Phi) is 4.08. The molecule has 0 unspecified atom stereocenters. The first kappa shape index (κ1) is 12.5. The van der Waals surface area contributed by atoms with Crippen LogP contribution in [0.5, 0.6) is 0 Å². The van der Waals surface area contributed by atoms with Gasteiger partial charge in [-0.15, -0.1) is 0 Å². The number of halogens is 2. The fourth-order valence-electron chi connectivity index (χ4n) is 1.63. The SMILES string of the molecule is Cc1ccc(Br)cc1NCc1cccc(Cl)c1. The molecule has 0 aliphatic rings. The molecule has 0 amide bonds. The molecule has 1 N–H and O–H groups in total. The summed E-state index contributed by atoms with van der Waals surface area (Å²) in [6.07, 6.45) is 0. The molecule has 17 heavy (non-hydrogen) atoms. The number of hydrogen-bond donors (Lipinski definition) is 1. The van der Waals surface area contributed by atoms with Crippen LogP contribution in [0.1, 0.15) is 11.1 Å². The van der Waals surface area contributed by atoms with E-state index in [-0.39, 0.29) is 0 Å². The summed E-state index contributed by atoms with van der Waals surface area (Å²) in [7, 11) is 0. The first-order chi connectivity index (χ1) is 8.15. The summed E-state index contributed by atoms with van der Waals surface area (Å²) < 4.78 is 1.08. The highest BCUT2D eigenvalue weighted by Crippen LogP contribution is 2.21. The van der Waals surface area contributed by atoms with Gasteiger partial charge in [0.25, 0.3) is 0 Å². The fourth-order valence-corrected chi connectivity index (χ4v) is 2.20. The smallest absolute Gasteiger partial charge is 0.0409 e. The molecule has 0 atom stereocenters. The van der Waals surface area contributed by atoms with E-state index in [9.17, 15) is 0 Å². The van der Waals surface area contributed by atoms with Crippen molar-refractivity contribution in [2.45, 2.75) is 13.5 Å². The van der Waals surface area contributed by atoms with E-state index < -0.39 is 0 Å². The van der Waals surface area contributed by atoms with E-state index in [1.807, 2.05) is 24.3 Å². The van der Waals surface area contributed by atoms with E-state index in [1.165, 1.54) is 11.1 Å². The first-order valence-electron chi connectivity index (χ1n) is 5.39. The van der Waals surface area contributed by atoms with Crippen LogP contribution in [0.15, 0.2) is 46.9 Å². The maximum Gasteiger partial charge on any atom is 0.0409 e. The molecule has 0 aromatic heterocycles. The van der Waals surface area contributed by atoms with Gasteiger partial charge in [-0.1, -0.05) is 45.7 Å². The lowest BCUT2D eigenvalue weighted by Gasteiger charge is -2.10. The van der Waals surface area contributed by atoms with Crippen molar-refractivity contribution < 1.29 is 0 Å². The molecule has 0 spiro atoms. The van der Waals surface area contributed by atoms with Crippen LogP contribution in [-0.2, 0) is 6.54 Å². The molecular formula is C14H13BrClN. The van der Waals surface area contributed by atoms with Crippen LogP contribution < -0.4 is 5.32 Å². The minimum atomic E-state index is 0.773. The van der Waals surface area contributed by atoms with Crippen LogP contribution in [0.25, 0.3) is 0 Å². The maximum absolute atomic E-state index is 5.95. The molecule has 88 valence electrons. The summed E-state index contributed by atoms with van der Waals surface area (Å²) in [6, 6.07) is 14.1. The Hall–Kier alpha value is -0.990. The lowest BCUT2D eigenvalue weighted by atomic mass is 10.2. The van der Waals surface area contributed by atoms with Gasteiger partial charge >= 0.3 is 0 Å². The molecule has 2 aromatic rings. The quantitative estimate of drug-likeness (QED) is 0.839. The van der Waals surface area contributed by atoms with Crippen molar-refractivity contribution in [2.75, 3.05) is 5.32 Å². The largest absolute Gasteiger partial charge is 0.381 e. The molecule has 1 nitrogen and oxygen atoms in total. The van der Waals surface area contributed by atoms with Gasteiger partial charge in [-0.2, -0.15) is 0 Å². The average molecular weight is 311 g/mol. The standard InChI is InChI=1S/C14H13BrClN/c1-10-5-6-12(15)8-14(10)17-9-11-3-2-4-13(16)7-11/h2-8,17H,9H2,1H3. The average Bonchev–Trinajstić information content (AvgIpc) is 2.30. The van der Waals surface area contributed by atoms with E-state index in [2.05, 4.69) is 46.4 Å². The summed E-state index contributed by atoms with van der Waals surface area (Å²) in [4.78, 5) is 0. The van der Waals surface area contributed by atoms with Gasteiger partial charge in [0, 0.05) is 21.7 Å². The molecule has 0 fully saturated rings. The Morgan fingerprint density at radius 1 is 1.18 bits per heavy atom. The zero-order valence-corrected chi connectivity index (χ0v) is 11.8. The topological polar surface area (TPSA) is 12.0 Å². The highest BCUT2D eigenvalue weighted by atomic mass is 79.9. The van der Waals surface area contributed by atoms with Gasteiger partial charge in [0.05, 0.1) is 0 Å². The van der Waals surface area contributed by atoms with Gasteiger partial charge in [0.1, 0.15) is 0 Å². The van der Waals surface area contributed by atoms with E-state index in [0.29, 0.717) is 0 Å². The normalized spacial score (nSPS) is 10.3. The summed E-state index contributed by atoms with van der Waals surface area (Å²) in [5.74, 6) is 0. The summed E-state index contributed by atoms with van der Waals surface area (Å²) in [6.45, 7) is 2.87. The Labute approximate surface area is 115 Å². The number of rotatable bonds is 3. The third kappa shape index (κ3) is 3.48. The molecule has 0 radical (unpaired) electrons. The van der Waals surface area contributed by atoms with Crippen molar-refractivity contribution >= 4 is 33.2 Å². The van der Waals surface area contributed by atoms with Crippen molar-refractivity contribution in [3.05, 3.63) is 63.1 Å². The molecule has 0 aliphatic carbocycles. The lowest BCUT2D eigenvalue weighted by molar-refractivity contribution is 1.14. The Morgan fingerprint density at radius 2 is 2.00 bits per heavy atom. The van der Waals surface area contributed by atoms with Crippen molar-refractivity contribution in [2.24, 2.45) is 0 Å². The predicted octanol–water partition coefficient (Wildman–Crippen LogP) is 5.02. The van der Waals surface area contributed by atoms with Gasteiger partial charge in [-0.05, 0) is 42.3 Å². The van der Waals surface area contributed by atoms with Crippen LogP contribution in [0.3, 0.4) is 0 Å². The third-order valence-corrected chi connectivity index (χ3v) is 3.30. The van der Waals surface area contributed by atoms with Crippen LogP contribution in [0.2, 0.25) is 5.02 Å². The van der Waals surface area contributed by atoms with Crippen LogP contribution in [0, 0.1) is 6.92 Å². The molecule has 2 aromatic carbocycles. The highest BCUT2D eigenvalue weighted by Gasteiger charge is 1.99. The summed E-state index contributed by atoms with van der Waals surface area (Å²) >= 11 is 9.42. The molecule has 0 bridgehead atoms. The van der Waals surface area contributed by atoms with Gasteiger partial charge in [-0.25, -0.2) is 0 Å². The minimum absolute atomic E-state index is 0.773. The molecule has 0 saturated heterocycles. The second-order valence-electron chi connectivity index (χ2n) is 3.94. The molecule has 2 rings (SSSR count). The fraction of sp³-hybridized carbons (Fsp3) is 0.143. The van der Waals surface area contributed by atoms with E-state index >= 15 is 0 Å². The van der Waals surface area contributed by atoms with Crippen LogP contribution in [0.4, 0.5) is 5.69 Å². The second kappa shape index (κ2) is 5.56. The van der Waals surface area contributed by atoms with Gasteiger partial charge in [0.2, 0.25) is 0 Å². The van der Waals surface area contributed by atoms with E-state index in [0.717, 1.165) is 21.7 Å². The highest BCUT2D eigenvalue weighted by molar-refractivity contribution is 9.10. The lowest BCUT2D eigenvalue weighted by Crippen LogP contribution is -2.00. The van der Waals surface area contributed by atoms with Gasteiger partial charge in [-0.3, -0.25) is 0 Å². The zero-order valence-electron chi connectivity index (χ0n) is 9.50. The molecule has 0 saturated carbocycles. The summed E-state index contributed by atoms with van der Waals surface area (Å²) in [5.41, 5.74) is 3.55. The summed E-state index contributed by atoms with van der Waals surface area (Å²) in [5, 5.41) is 4.18. The van der Waals surface area contributed by atoms with E-state index in [1.54, 1.807) is 0 Å². The van der Waals surface area contributed by atoms with Crippen molar-refractivity contribution in [3.8, 4) is 0 Å². The second-order valence-corrected chi connectivity index (χ2v) is 5.29. The molecule has 0 heterocycles. The zero-order chi connectivity index (χ0) is 12.3.